The Morgan fingerprint density at radius 3 is 3.08 bits per heavy atom. The smallest absolute Gasteiger partial charge is 0.262 e. The molecule has 0 saturated carbocycles. The summed E-state index contributed by atoms with van der Waals surface area (Å²) in [4.78, 5) is 29.6. The molecule has 2 aliphatic heterocycles. The molecule has 1 saturated heterocycles. The van der Waals surface area contributed by atoms with Crippen LogP contribution in [0.25, 0.3) is 11.0 Å². The molecule has 0 radical (unpaired) electrons. The highest BCUT2D eigenvalue weighted by Gasteiger charge is 2.30. The molecule has 140 valence electrons. The summed E-state index contributed by atoms with van der Waals surface area (Å²) in [5.41, 5.74) is 6.69. The summed E-state index contributed by atoms with van der Waals surface area (Å²) >= 11 is 1.62. The van der Waals surface area contributed by atoms with Crippen LogP contribution in [0.1, 0.15) is 19.3 Å². The first-order chi connectivity index (χ1) is 12.3. The van der Waals surface area contributed by atoms with Crippen LogP contribution in [0.3, 0.4) is 0 Å². The van der Waals surface area contributed by atoms with E-state index in [2.05, 4.69) is 19.9 Å². The molecule has 1 fully saturated rings. The molecular weight excluding hydrogens is 372 g/mol. The number of anilines is 1. The molecule has 2 aromatic rings. The second kappa shape index (κ2) is 8.28. The number of likely N-dealkylation sites (tertiary alicyclic amines) is 1. The first-order valence-corrected chi connectivity index (χ1v) is 9.67. The van der Waals surface area contributed by atoms with Crippen LogP contribution in [0.15, 0.2) is 29.7 Å². The van der Waals surface area contributed by atoms with Gasteiger partial charge in [0.1, 0.15) is 17.8 Å². The Morgan fingerprint density at radius 1 is 1.35 bits per heavy atom. The van der Waals surface area contributed by atoms with E-state index < -0.39 is 0 Å². The third-order valence-corrected chi connectivity index (χ3v) is 5.82. The molecule has 1 amide bonds. The zero-order valence-electron chi connectivity index (χ0n) is 14.4. The Morgan fingerprint density at radius 2 is 2.23 bits per heavy atom. The Labute approximate surface area is 162 Å². The van der Waals surface area contributed by atoms with Gasteiger partial charge >= 0.3 is 0 Å². The highest BCUT2D eigenvalue weighted by molar-refractivity contribution is 8.04. The number of rotatable bonds is 3. The van der Waals surface area contributed by atoms with E-state index in [1.54, 1.807) is 18.1 Å². The maximum atomic E-state index is 13.0. The summed E-state index contributed by atoms with van der Waals surface area (Å²) in [6.45, 7) is 2.15. The lowest BCUT2D eigenvalue weighted by molar-refractivity contribution is -0.129. The van der Waals surface area contributed by atoms with Crippen LogP contribution in [0, 0.1) is 0 Å². The summed E-state index contributed by atoms with van der Waals surface area (Å²) in [6, 6.07) is 2.13. The Kier molecular flexibility index (Phi) is 6.05. The summed E-state index contributed by atoms with van der Waals surface area (Å²) < 4.78 is 0. The maximum Gasteiger partial charge on any atom is 0.262 e. The molecule has 2 aliphatic rings. The van der Waals surface area contributed by atoms with Gasteiger partial charge in [-0.1, -0.05) is 0 Å². The van der Waals surface area contributed by atoms with Crippen molar-refractivity contribution in [2.45, 2.75) is 25.3 Å². The van der Waals surface area contributed by atoms with Crippen LogP contribution >= 0.6 is 24.2 Å². The van der Waals surface area contributed by atoms with Gasteiger partial charge in [-0.05, 0) is 25.3 Å². The third kappa shape index (κ3) is 3.54. The van der Waals surface area contributed by atoms with Crippen molar-refractivity contribution >= 4 is 46.9 Å². The van der Waals surface area contributed by atoms with E-state index in [0.717, 1.165) is 59.9 Å². The summed E-state index contributed by atoms with van der Waals surface area (Å²) in [5, 5.41) is 0.968. The fourth-order valence-electron chi connectivity index (χ4n) is 3.52. The van der Waals surface area contributed by atoms with E-state index in [0.29, 0.717) is 6.54 Å². The molecule has 3 N–H and O–H groups in total. The minimum Gasteiger partial charge on any atom is -0.346 e. The fourth-order valence-corrected chi connectivity index (χ4v) is 4.47. The lowest BCUT2D eigenvalue weighted by atomic mass is 10.0. The van der Waals surface area contributed by atoms with E-state index in [4.69, 9.17) is 5.73 Å². The van der Waals surface area contributed by atoms with Crippen LogP contribution in [0.4, 0.5) is 5.82 Å². The number of carbonyl (C=O) groups is 1. The van der Waals surface area contributed by atoms with Crippen LogP contribution in [-0.2, 0) is 4.79 Å². The minimum atomic E-state index is 0. The van der Waals surface area contributed by atoms with E-state index in [-0.39, 0.29) is 24.4 Å². The van der Waals surface area contributed by atoms with E-state index >= 15 is 0 Å². The summed E-state index contributed by atoms with van der Waals surface area (Å²) in [7, 11) is 0. The van der Waals surface area contributed by atoms with Gasteiger partial charge in [0, 0.05) is 43.8 Å². The number of halogens is 1. The van der Waals surface area contributed by atoms with Crippen LogP contribution in [-0.4, -0.2) is 57.2 Å². The number of piperidine rings is 1. The highest BCUT2D eigenvalue weighted by atomic mass is 35.5. The SMILES string of the molecule is Cl.NC[C@H]1CCCCN1C(=O)C1=CN(c2ncnc3[nH]ccc23)CCS1. The van der Waals surface area contributed by atoms with Crippen molar-refractivity contribution in [3.8, 4) is 0 Å². The van der Waals surface area contributed by atoms with Gasteiger partial charge in [-0.15, -0.1) is 24.2 Å². The quantitative estimate of drug-likeness (QED) is 0.828. The number of aromatic amines is 1. The predicted octanol–water partition coefficient (Wildman–Crippen LogP) is 2.11. The van der Waals surface area contributed by atoms with Crippen molar-refractivity contribution in [2.75, 3.05) is 30.3 Å². The topological polar surface area (TPSA) is 91.1 Å². The Hall–Kier alpha value is -1.77. The number of nitrogens with one attached hydrogen (secondary N) is 1. The molecule has 1 atom stereocenters. The number of nitrogens with two attached hydrogens (primary N) is 1. The first-order valence-electron chi connectivity index (χ1n) is 8.68. The number of fused-ring (bicyclic) bond motifs is 1. The number of hydrogen-bond donors (Lipinski definition) is 2. The number of nitrogens with zero attached hydrogens (tertiary/aromatic N) is 4. The zero-order valence-corrected chi connectivity index (χ0v) is 16.1. The third-order valence-electron chi connectivity index (χ3n) is 4.84. The van der Waals surface area contributed by atoms with Crippen molar-refractivity contribution in [1.82, 2.24) is 19.9 Å². The number of amides is 1. The van der Waals surface area contributed by atoms with Crippen LogP contribution in [0.5, 0.6) is 0 Å². The van der Waals surface area contributed by atoms with Crippen molar-refractivity contribution in [2.24, 2.45) is 5.73 Å². The standard InChI is InChI=1S/C17H22N6OS.ClH/c18-9-12-3-1-2-6-23(12)17(24)14-10-22(7-8-25-14)16-13-4-5-19-15(13)20-11-21-16;/h4-5,10-12H,1-3,6-9,18H2,(H,19,20,21);1H/t12-;/m1./s1. The van der Waals surface area contributed by atoms with Gasteiger partial charge in [-0.25, -0.2) is 9.97 Å². The number of thioether (sulfide) groups is 1. The van der Waals surface area contributed by atoms with Gasteiger partial charge in [0.15, 0.2) is 0 Å². The largest absolute Gasteiger partial charge is 0.346 e. The van der Waals surface area contributed by atoms with Crippen molar-refractivity contribution < 1.29 is 4.79 Å². The fraction of sp³-hybridized carbons (Fsp3) is 0.471. The van der Waals surface area contributed by atoms with Gasteiger partial charge in [0.05, 0.1) is 10.3 Å². The molecular formula is C17H23ClN6OS. The number of hydrogen-bond acceptors (Lipinski definition) is 6. The normalized spacial score (nSPS) is 20.7. The van der Waals surface area contributed by atoms with Crippen molar-refractivity contribution in [3.63, 3.8) is 0 Å². The Bertz CT molecular complexity index is 809. The molecule has 0 unspecified atom stereocenters. The molecule has 0 bridgehead atoms. The average Bonchev–Trinajstić information content (AvgIpc) is 3.16. The molecule has 9 heteroatoms. The number of aromatic nitrogens is 3. The predicted molar refractivity (Wildman–Crippen MR) is 107 cm³/mol. The van der Waals surface area contributed by atoms with Gasteiger partial charge in [-0.2, -0.15) is 0 Å². The molecule has 4 rings (SSSR count). The Balaban J connectivity index is 0.00000196. The zero-order chi connectivity index (χ0) is 17.2. The second-order valence-corrected chi connectivity index (χ2v) is 7.49. The monoisotopic (exact) mass is 394 g/mol. The molecule has 4 heterocycles. The second-order valence-electron chi connectivity index (χ2n) is 6.36. The molecule has 0 aliphatic carbocycles. The minimum absolute atomic E-state index is 0. The maximum absolute atomic E-state index is 13.0. The van der Waals surface area contributed by atoms with Crippen molar-refractivity contribution in [3.05, 3.63) is 29.7 Å². The summed E-state index contributed by atoms with van der Waals surface area (Å²) in [6.07, 6.45) is 8.56. The molecule has 2 aromatic heterocycles. The van der Waals surface area contributed by atoms with E-state index in [1.807, 2.05) is 23.4 Å². The lowest BCUT2D eigenvalue weighted by Crippen LogP contribution is -2.48. The molecule has 7 nitrogen and oxygen atoms in total. The van der Waals surface area contributed by atoms with Crippen molar-refractivity contribution in [1.29, 1.82) is 0 Å². The molecule has 26 heavy (non-hydrogen) atoms. The number of carbonyl (C=O) groups excluding carboxylic acids is 1. The molecule has 0 spiro atoms. The number of H-pyrrole nitrogens is 1. The van der Waals surface area contributed by atoms with E-state index in [9.17, 15) is 4.79 Å². The van der Waals surface area contributed by atoms with Crippen LogP contribution in [0.2, 0.25) is 0 Å². The van der Waals surface area contributed by atoms with E-state index in [1.165, 1.54) is 0 Å². The average molecular weight is 395 g/mol. The van der Waals surface area contributed by atoms with Gasteiger partial charge in [-0.3, -0.25) is 4.79 Å². The highest BCUT2D eigenvalue weighted by Crippen LogP contribution is 2.31. The lowest BCUT2D eigenvalue weighted by Gasteiger charge is -2.36. The summed E-state index contributed by atoms with van der Waals surface area (Å²) in [5.74, 6) is 1.80. The molecule has 0 aromatic carbocycles. The first kappa shape index (κ1) is 19.0. The van der Waals surface area contributed by atoms with Gasteiger partial charge in [0.25, 0.3) is 5.91 Å². The van der Waals surface area contributed by atoms with Gasteiger partial charge < -0.3 is 20.5 Å². The van der Waals surface area contributed by atoms with Gasteiger partial charge in [0.2, 0.25) is 0 Å². The van der Waals surface area contributed by atoms with Crippen LogP contribution < -0.4 is 10.6 Å².